The van der Waals surface area contributed by atoms with Gasteiger partial charge in [0.25, 0.3) is 0 Å². The van der Waals surface area contributed by atoms with Crippen LogP contribution in [0.5, 0.6) is 0 Å². The monoisotopic (exact) mass is 747 g/mol. The van der Waals surface area contributed by atoms with Crippen molar-refractivity contribution in [3.05, 3.63) is 245 Å². The SMILES string of the molecule is CC(=N/C(=C\Cc1ccccc1)c1ccccc1)c1ccccc1-c1cccc2c1Cc1ccc(C)cc1-2.Cc1ccccc1-c1cc(-c2ccccc2)ccc1C. The zero-order valence-electron chi connectivity index (χ0n) is 33.9. The van der Waals surface area contributed by atoms with E-state index >= 15 is 0 Å². The van der Waals surface area contributed by atoms with Gasteiger partial charge in [0, 0.05) is 11.3 Å². The fourth-order valence-electron chi connectivity index (χ4n) is 8.10. The molecule has 1 heteroatoms. The summed E-state index contributed by atoms with van der Waals surface area (Å²) in [5.41, 5.74) is 22.8. The van der Waals surface area contributed by atoms with Crippen LogP contribution < -0.4 is 0 Å². The highest BCUT2D eigenvalue weighted by atomic mass is 14.8. The predicted molar refractivity (Wildman–Crippen MR) is 248 cm³/mol. The summed E-state index contributed by atoms with van der Waals surface area (Å²) < 4.78 is 0. The molecule has 0 aromatic heterocycles. The summed E-state index contributed by atoms with van der Waals surface area (Å²) in [6.45, 7) is 8.66. The zero-order valence-corrected chi connectivity index (χ0v) is 33.9. The Hall–Kier alpha value is -6.83. The van der Waals surface area contributed by atoms with Gasteiger partial charge in [-0.25, -0.2) is 0 Å². The van der Waals surface area contributed by atoms with Gasteiger partial charge in [0.1, 0.15) is 0 Å². The van der Waals surface area contributed by atoms with Crippen molar-refractivity contribution in [1.29, 1.82) is 0 Å². The lowest BCUT2D eigenvalue weighted by molar-refractivity contribution is 1.25. The van der Waals surface area contributed by atoms with E-state index in [1.165, 1.54) is 83.5 Å². The van der Waals surface area contributed by atoms with Gasteiger partial charge in [-0.3, -0.25) is 4.99 Å². The molecule has 0 fully saturated rings. The molecule has 1 aliphatic carbocycles. The van der Waals surface area contributed by atoms with Gasteiger partial charge in [0.15, 0.2) is 0 Å². The third kappa shape index (κ3) is 8.45. The summed E-state index contributed by atoms with van der Waals surface area (Å²) in [7, 11) is 0. The number of aryl methyl sites for hydroxylation is 3. The summed E-state index contributed by atoms with van der Waals surface area (Å²) in [5.74, 6) is 0. The fourth-order valence-corrected chi connectivity index (χ4v) is 8.10. The van der Waals surface area contributed by atoms with Crippen LogP contribution >= 0.6 is 0 Å². The molecule has 0 saturated carbocycles. The van der Waals surface area contributed by atoms with Crippen LogP contribution in [-0.2, 0) is 12.8 Å². The zero-order chi connectivity index (χ0) is 39.8. The van der Waals surface area contributed by atoms with Gasteiger partial charge < -0.3 is 0 Å². The first kappa shape index (κ1) is 38.1. The minimum atomic E-state index is 0.841. The lowest BCUT2D eigenvalue weighted by atomic mass is 9.91. The molecule has 9 rings (SSSR count). The van der Waals surface area contributed by atoms with Crippen molar-refractivity contribution in [3.8, 4) is 44.5 Å². The molecule has 0 aliphatic heterocycles. The van der Waals surface area contributed by atoms with E-state index in [0.717, 1.165) is 29.8 Å². The number of benzene rings is 8. The highest BCUT2D eigenvalue weighted by Gasteiger charge is 2.23. The van der Waals surface area contributed by atoms with Gasteiger partial charge in [-0.2, -0.15) is 0 Å². The van der Waals surface area contributed by atoms with E-state index in [1.54, 1.807) is 0 Å². The average molecular weight is 748 g/mol. The number of hydrogen-bond donors (Lipinski definition) is 0. The Balaban J connectivity index is 0.000000197. The van der Waals surface area contributed by atoms with Gasteiger partial charge in [-0.05, 0) is 124 Å². The van der Waals surface area contributed by atoms with Crippen molar-refractivity contribution in [2.45, 2.75) is 40.5 Å². The van der Waals surface area contributed by atoms with E-state index in [2.05, 4.69) is 228 Å². The predicted octanol–water partition coefficient (Wildman–Crippen LogP) is 15.0. The molecule has 0 unspecified atom stereocenters. The van der Waals surface area contributed by atoms with Gasteiger partial charge in [0.2, 0.25) is 0 Å². The third-order valence-electron chi connectivity index (χ3n) is 11.2. The molecule has 0 saturated heterocycles. The van der Waals surface area contributed by atoms with E-state index in [1.807, 2.05) is 0 Å². The number of hydrogen-bond acceptors (Lipinski definition) is 1. The van der Waals surface area contributed by atoms with E-state index in [-0.39, 0.29) is 0 Å². The third-order valence-corrected chi connectivity index (χ3v) is 11.2. The van der Waals surface area contributed by atoms with Crippen molar-refractivity contribution in [2.75, 3.05) is 0 Å². The van der Waals surface area contributed by atoms with Crippen LogP contribution in [-0.4, -0.2) is 5.71 Å². The van der Waals surface area contributed by atoms with Gasteiger partial charge in [-0.15, -0.1) is 0 Å². The molecule has 0 spiro atoms. The number of rotatable bonds is 8. The second-order valence-electron chi connectivity index (χ2n) is 15.3. The van der Waals surface area contributed by atoms with Crippen molar-refractivity contribution in [1.82, 2.24) is 0 Å². The van der Waals surface area contributed by atoms with Crippen LogP contribution in [0, 0.1) is 20.8 Å². The van der Waals surface area contributed by atoms with Crippen molar-refractivity contribution in [2.24, 2.45) is 4.99 Å². The Bertz CT molecular complexity index is 2740. The first-order valence-corrected chi connectivity index (χ1v) is 20.3. The first-order valence-electron chi connectivity index (χ1n) is 20.3. The largest absolute Gasteiger partial charge is 0.253 e. The summed E-state index contributed by atoms with van der Waals surface area (Å²) >= 11 is 0. The molecule has 1 nitrogen and oxygen atoms in total. The smallest absolute Gasteiger partial charge is 0.0668 e. The Morgan fingerprint density at radius 3 is 1.83 bits per heavy atom. The maximum absolute atomic E-state index is 5.24. The maximum atomic E-state index is 5.24. The summed E-state index contributed by atoms with van der Waals surface area (Å²) in [6.07, 6.45) is 4.06. The maximum Gasteiger partial charge on any atom is 0.0668 e. The molecular formula is C57H49N. The molecule has 0 amide bonds. The first-order chi connectivity index (χ1) is 28.4. The molecule has 0 atom stereocenters. The molecule has 1 aliphatic rings. The molecule has 0 bridgehead atoms. The molecule has 0 N–H and O–H groups in total. The van der Waals surface area contributed by atoms with Crippen LogP contribution in [0.1, 0.15) is 51.4 Å². The number of allylic oxidation sites excluding steroid dienone is 1. The Morgan fingerprint density at radius 1 is 0.483 bits per heavy atom. The van der Waals surface area contributed by atoms with Gasteiger partial charge in [0.05, 0.1) is 5.70 Å². The standard InChI is InChI=1S/C37H31N.C20H18/c1-26-20-22-30-25-36-33(18-11-19-34(36)35(30)24-26)32-17-10-9-16-31(32)27(2)38-37(29-14-7-4-8-15-29)23-21-28-12-5-3-6-13-28;1-15-8-6-7-11-19(15)20-14-18(13-12-16(20)2)17-9-4-3-5-10-17/h3-20,22-24H,21,25H2,1-2H3;3-14H,1-2H3/b37-23-,38-27?;. The highest BCUT2D eigenvalue weighted by molar-refractivity contribution is 6.07. The minimum Gasteiger partial charge on any atom is -0.253 e. The normalized spacial score (nSPS) is 12.0. The van der Waals surface area contributed by atoms with Crippen LogP contribution in [0.15, 0.2) is 205 Å². The lowest BCUT2D eigenvalue weighted by Gasteiger charge is -2.14. The Kier molecular flexibility index (Phi) is 11.5. The fraction of sp³-hybridized carbons (Fsp3) is 0.105. The number of aliphatic imine (C=N–C) groups is 1. The Labute approximate surface area is 344 Å². The lowest BCUT2D eigenvalue weighted by Crippen LogP contribution is -2.01. The Morgan fingerprint density at radius 2 is 1.09 bits per heavy atom. The number of fused-ring (bicyclic) bond motifs is 3. The molecule has 58 heavy (non-hydrogen) atoms. The molecule has 0 radical (unpaired) electrons. The van der Waals surface area contributed by atoms with Crippen LogP contribution in [0.3, 0.4) is 0 Å². The average Bonchev–Trinajstić information content (AvgIpc) is 3.65. The minimum absolute atomic E-state index is 0.841. The van der Waals surface area contributed by atoms with E-state index in [4.69, 9.17) is 4.99 Å². The molecule has 8 aromatic carbocycles. The van der Waals surface area contributed by atoms with Crippen LogP contribution in [0.25, 0.3) is 50.2 Å². The second kappa shape index (κ2) is 17.5. The van der Waals surface area contributed by atoms with Crippen molar-refractivity contribution in [3.63, 3.8) is 0 Å². The second-order valence-corrected chi connectivity index (χ2v) is 15.3. The summed E-state index contributed by atoms with van der Waals surface area (Å²) in [5, 5.41) is 0. The molecule has 282 valence electrons. The molecule has 8 aromatic rings. The van der Waals surface area contributed by atoms with E-state index in [9.17, 15) is 0 Å². The highest BCUT2D eigenvalue weighted by Crippen LogP contribution is 2.43. The van der Waals surface area contributed by atoms with Crippen molar-refractivity contribution < 1.29 is 0 Å². The topological polar surface area (TPSA) is 12.4 Å². The summed E-state index contributed by atoms with van der Waals surface area (Å²) in [6, 6.07) is 69.2. The van der Waals surface area contributed by atoms with Gasteiger partial charge >= 0.3 is 0 Å². The van der Waals surface area contributed by atoms with Gasteiger partial charge in [-0.1, -0.05) is 200 Å². The van der Waals surface area contributed by atoms with Crippen LogP contribution in [0.4, 0.5) is 0 Å². The molecular weight excluding hydrogens is 699 g/mol. The van der Waals surface area contributed by atoms with E-state index < -0.39 is 0 Å². The summed E-state index contributed by atoms with van der Waals surface area (Å²) in [4.78, 5) is 5.24. The quantitative estimate of drug-likeness (QED) is 0.137. The van der Waals surface area contributed by atoms with E-state index in [0.29, 0.717) is 0 Å². The molecule has 0 heterocycles. The number of nitrogens with zero attached hydrogens (tertiary/aromatic N) is 1. The van der Waals surface area contributed by atoms with Crippen LogP contribution in [0.2, 0.25) is 0 Å². The van der Waals surface area contributed by atoms with Crippen molar-refractivity contribution >= 4 is 11.4 Å².